The lowest BCUT2D eigenvalue weighted by molar-refractivity contribution is -0.154. The van der Waals surface area contributed by atoms with Gasteiger partial charge in [-0.1, -0.05) is 12.1 Å². The van der Waals surface area contributed by atoms with Crippen LogP contribution in [0.25, 0.3) is 0 Å². The van der Waals surface area contributed by atoms with E-state index in [0.717, 1.165) is 6.92 Å². The zero-order valence-corrected chi connectivity index (χ0v) is 21.1. The molecular formula is C27H25F2N3O7. The van der Waals surface area contributed by atoms with Gasteiger partial charge in [0.25, 0.3) is 5.91 Å². The Bertz CT molecular complexity index is 1330. The van der Waals surface area contributed by atoms with Crippen molar-refractivity contribution in [2.24, 2.45) is 0 Å². The topological polar surface area (TPSA) is 133 Å². The number of halogens is 2. The third kappa shape index (κ3) is 7.81. The Labute approximate surface area is 222 Å². The first-order chi connectivity index (χ1) is 18.6. The molecule has 3 atom stereocenters. The highest BCUT2D eigenvalue weighted by molar-refractivity contribution is 6.00. The summed E-state index contributed by atoms with van der Waals surface area (Å²) in [6.07, 6.45) is -0.316. The number of hydrogen-bond donors (Lipinski definition) is 2. The van der Waals surface area contributed by atoms with Crippen LogP contribution in [0.4, 0.5) is 14.5 Å². The van der Waals surface area contributed by atoms with Crippen molar-refractivity contribution in [3.05, 3.63) is 83.7 Å². The monoisotopic (exact) mass is 541 g/mol. The minimum atomic E-state index is -1.20. The van der Waals surface area contributed by atoms with Gasteiger partial charge in [0.2, 0.25) is 6.41 Å². The van der Waals surface area contributed by atoms with Crippen molar-refractivity contribution < 1.29 is 42.2 Å². The number of anilines is 1. The molecule has 3 rings (SSSR count). The molecule has 0 aliphatic rings. The van der Waals surface area contributed by atoms with Gasteiger partial charge in [-0.3, -0.25) is 14.4 Å². The van der Waals surface area contributed by atoms with Crippen LogP contribution in [0.1, 0.15) is 42.9 Å². The van der Waals surface area contributed by atoms with E-state index in [4.69, 9.17) is 14.2 Å². The molecule has 2 N–H and O–H groups in total. The molecule has 1 aromatic heterocycles. The predicted molar refractivity (Wildman–Crippen MR) is 134 cm³/mol. The van der Waals surface area contributed by atoms with E-state index in [9.17, 15) is 28.0 Å². The van der Waals surface area contributed by atoms with Crippen LogP contribution in [-0.2, 0) is 19.1 Å². The zero-order chi connectivity index (χ0) is 28.5. The quantitative estimate of drug-likeness (QED) is 0.277. The maximum Gasteiger partial charge on any atom is 0.328 e. The average Bonchev–Trinajstić information content (AvgIpc) is 2.89. The van der Waals surface area contributed by atoms with Crippen LogP contribution >= 0.6 is 0 Å². The van der Waals surface area contributed by atoms with E-state index >= 15 is 0 Å². The molecule has 3 aromatic rings. The maximum atomic E-state index is 13.5. The number of amides is 2. The summed E-state index contributed by atoms with van der Waals surface area (Å²) in [5.41, 5.74) is 0.144. The van der Waals surface area contributed by atoms with Crippen molar-refractivity contribution in [2.75, 3.05) is 5.32 Å². The van der Waals surface area contributed by atoms with Gasteiger partial charge in [0.15, 0.2) is 17.5 Å². The first-order valence-electron chi connectivity index (χ1n) is 11.7. The van der Waals surface area contributed by atoms with Crippen molar-refractivity contribution in [2.45, 2.75) is 39.0 Å². The standard InChI is InChI=1S/C27H25F2N3O7/c1-15(32-26(35)23-25(38-17(3)34)22(31-14-33)12-13-30-23)27(36)37-16(2)24(18-4-6-19(28)7-5-18)39-21-10-8-20(29)9-11-21/h4-16,24H,1-3H3,(H,32,35)(H,30,31,33)/t15-,16?,24?/m0/s1. The molecule has 0 spiro atoms. The van der Waals surface area contributed by atoms with E-state index in [2.05, 4.69) is 15.6 Å². The number of esters is 2. The fourth-order valence-electron chi connectivity index (χ4n) is 3.45. The fourth-order valence-corrected chi connectivity index (χ4v) is 3.45. The Morgan fingerprint density at radius 1 is 0.949 bits per heavy atom. The molecule has 2 unspecified atom stereocenters. The Balaban J connectivity index is 1.76. The first-order valence-corrected chi connectivity index (χ1v) is 11.7. The van der Waals surface area contributed by atoms with Crippen molar-refractivity contribution in [3.8, 4) is 11.5 Å². The number of nitrogens with one attached hydrogen (secondary N) is 2. The summed E-state index contributed by atoms with van der Waals surface area (Å²) < 4.78 is 43.4. The molecular weight excluding hydrogens is 516 g/mol. The molecule has 1 heterocycles. The first kappa shape index (κ1) is 28.7. The molecule has 0 saturated carbocycles. The minimum absolute atomic E-state index is 0.0179. The van der Waals surface area contributed by atoms with Gasteiger partial charge < -0.3 is 24.8 Å². The number of carbonyl (C=O) groups excluding carboxylic acids is 4. The van der Waals surface area contributed by atoms with Crippen molar-refractivity contribution in [1.82, 2.24) is 10.3 Å². The van der Waals surface area contributed by atoms with Crippen LogP contribution in [-0.4, -0.2) is 41.4 Å². The average molecular weight is 542 g/mol. The van der Waals surface area contributed by atoms with Gasteiger partial charge in [-0.25, -0.2) is 18.6 Å². The number of rotatable bonds is 11. The Hall–Kier alpha value is -4.87. The maximum absolute atomic E-state index is 13.5. The van der Waals surface area contributed by atoms with Crippen LogP contribution in [0.3, 0.4) is 0 Å². The van der Waals surface area contributed by atoms with E-state index in [1.807, 2.05) is 0 Å². The third-order valence-electron chi connectivity index (χ3n) is 5.28. The molecule has 10 nitrogen and oxygen atoms in total. The summed E-state index contributed by atoms with van der Waals surface area (Å²) in [6, 6.07) is 10.7. The highest BCUT2D eigenvalue weighted by atomic mass is 19.1. The Morgan fingerprint density at radius 2 is 1.56 bits per heavy atom. The predicted octanol–water partition coefficient (Wildman–Crippen LogP) is 3.72. The van der Waals surface area contributed by atoms with Crippen molar-refractivity contribution in [1.29, 1.82) is 0 Å². The van der Waals surface area contributed by atoms with Gasteiger partial charge in [0, 0.05) is 13.1 Å². The van der Waals surface area contributed by atoms with Gasteiger partial charge >= 0.3 is 11.9 Å². The number of hydrogen-bond acceptors (Lipinski definition) is 8. The molecule has 12 heteroatoms. The van der Waals surface area contributed by atoms with E-state index < -0.39 is 47.7 Å². The molecule has 0 aliphatic heterocycles. The van der Waals surface area contributed by atoms with E-state index in [0.29, 0.717) is 12.0 Å². The summed E-state index contributed by atoms with van der Waals surface area (Å²) >= 11 is 0. The largest absolute Gasteiger partial charge is 0.482 e. The second kappa shape index (κ2) is 13.1. The molecule has 0 fully saturated rings. The number of carbonyl (C=O) groups is 4. The number of benzene rings is 2. The van der Waals surface area contributed by atoms with Crippen LogP contribution < -0.4 is 20.1 Å². The fraction of sp³-hybridized carbons (Fsp3) is 0.222. The van der Waals surface area contributed by atoms with Crippen molar-refractivity contribution in [3.63, 3.8) is 0 Å². The summed E-state index contributed by atoms with van der Waals surface area (Å²) in [6.45, 7) is 4.00. The Morgan fingerprint density at radius 3 is 2.15 bits per heavy atom. The van der Waals surface area contributed by atoms with Gasteiger partial charge in [-0.05, 0) is 61.9 Å². The number of nitrogens with zero attached hydrogens (tertiary/aromatic N) is 1. The lowest BCUT2D eigenvalue weighted by Crippen LogP contribution is -2.42. The smallest absolute Gasteiger partial charge is 0.328 e. The molecule has 0 saturated heterocycles. The summed E-state index contributed by atoms with van der Waals surface area (Å²) in [4.78, 5) is 52.1. The highest BCUT2D eigenvalue weighted by Crippen LogP contribution is 2.29. The van der Waals surface area contributed by atoms with Crippen LogP contribution in [0.5, 0.6) is 11.5 Å². The summed E-state index contributed by atoms with van der Waals surface area (Å²) in [5.74, 6) is -3.45. The lowest BCUT2D eigenvalue weighted by atomic mass is 10.0. The summed E-state index contributed by atoms with van der Waals surface area (Å²) in [7, 11) is 0. The third-order valence-corrected chi connectivity index (χ3v) is 5.28. The molecule has 0 aliphatic carbocycles. The SMILES string of the molecule is CC(=O)Oc1c(NC=O)ccnc1C(=O)N[C@@H](C)C(=O)OC(C)C(Oc1ccc(F)cc1)c1ccc(F)cc1. The molecule has 204 valence electrons. The molecule has 39 heavy (non-hydrogen) atoms. The second-order valence-electron chi connectivity index (χ2n) is 8.27. The van der Waals surface area contributed by atoms with E-state index in [1.165, 1.54) is 67.7 Å². The molecule has 2 aromatic carbocycles. The van der Waals surface area contributed by atoms with Crippen LogP contribution in [0.15, 0.2) is 60.8 Å². The zero-order valence-electron chi connectivity index (χ0n) is 21.1. The summed E-state index contributed by atoms with van der Waals surface area (Å²) in [5, 5.41) is 4.72. The van der Waals surface area contributed by atoms with E-state index in [-0.39, 0.29) is 22.9 Å². The molecule has 0 radical (unpaired) electrons. The van der Waals surface area contributed by atoms with Gasteiger partial charge in [0.1, 0.15) is 29.5 Å². The van der Waals surface area contributed by atoms with Crippen LogP contribution in [0, 0.1) is 11.6 Å². The minimum Gasteiger partial charge on any atom is -0.482 e. The number of aromatic nitrogens is 1. The molecule has 0 bridgehead atoms. The van der Waals surface area contributed by atoms with Gasteiger partial charge in [-0.15, -0.1) is 0 Å². The van der Waals surface area contributed by atoms with Gasteiger partial charge in [0.05, 0.1) is 5.69 Å². The number of ether oxygens (including phenoxy) is 3. The Kier molecular flexibility index (Phi) is 9.63. The van der Waals surface area contributed by atoms with E-state index in [1.54, 1.807) is 6.92 Å². The lowest BCUT2D eigenvalue weighted by Gasteiger charge is -2.27. The van der Waals surface area contributed by atoms with Crippen LogP contribution in [0.2, 0.25) is 0 Å². The second-order valence-corrected chi connectivity index (χ2v) is 8.27. The molecule has 2 amide bonds. The highest BCUT2D eigenvalue weighted by Gasteiger charge is 2.29. The number of pyridine rings is 1. The normalized spacial score (nSPS) is 12.8. The van der Waals surface area contributed by atoms with Gasteiger partial charge in [-0.2, -0.15) is 0 Å². The van der Waals surface area contributed by atoms with Crippen molar-refractivity contribution >= 4 is 29.9 Å².